The summed E-state index contributed by atoms with van der Waals surface area (Å²) in [6, 6.07) is 17.5. The molecule has 0 saturated carbocycles. The molecule has 0 atom stereocenters. The molecule has 2 aromatic heterocycles. The minimum Gasteiger partial charge on any atom is -0.347 e. The van der Waals surface area contributed by atoms with Crippen LogP contribution in [0.3, 0.4) is 0 Å². The lowest BCUT2D eigenvalue weighted by molar-refractivity contribution is 0.627. The van der Waals surface area contributed by atoms with Gasteiger partial charge >= 0.3 is 0 Å². The summed E-state index contributed by atoms with van der Waals surface area (Å²) < 4.78 is 26.6. The van der Waals surface area contributed by atoms with E-state index in [0.29, 0.717) is 35.0 Å². The fourth-order valence-corrected chi connectivity index (χ4v) is 2.68. The lowest BCUT2D eigenvalue weighted by Crippen LogP contribution is -2.08. The summed E-state index contributed by atoms with van der Waals surface area (Å²) in [5.74, 6) is -0.375. The van der Waals surface area contributed by atoms with E-state index in [4.69, 9.17) is 0 Å². The highest BCUT2D eigenvalue weighted by Crippen LogP contribution is 2.29. The van der Waals surface area contributed by atoms with E-state index in [9.17, 15) is 8.78 Å². The summed E-state index contributed by atoms with van der Waals surface area (Å²) in [6.07, 6.45) is 1.71. The van der Waals surface area contributed by atoms with Crippen molar-refractivity contribution in [3.05, 3.63) is 90.3 Å². The molecule has 0 amide bonds. The van der Waals surface area contributed by atoms with E-state index in [1.807, 2.05) is 18.2 Å². The SMILES string of the molecule is Fc1ccc(-c2nnc(NCc3ccccn3)nc2-c2ccc(F)cc2)cc1. The monoisotopic (exact) mass is 375 g/mol. The third kappa shape index (κ3) is 3.98. The third-order valence-electron chi connectivity index (χ3n) is 4.08. The van der Waals surface area contributed by atoms with Crippen LogP contribution in [-0.2, 0) is 6.54 Å². The van der Waals surface area contributed by atoms with E-state index in [-0.39, 0.29) is 11.6 Å². The fraction of sp³-hybridized carbons (Fsp3) is 0.0476. The van der Waals surface area contributed by atoms with Gasteiger partial charge in [-0.1, -0.05) is 6.07 Å². The summed E-state index contributed by atoms with van der Waals surface area (Å²) in [7, 11) is 0. The topological polar surface area (TPSA) is 63.6 Å². The van der Waals surface area contributed by atoms with Crippen molar-refractivity contribution >= 4 is 5.95 Å². The normalized spacial score (nSPS) is 10.6. The Kier molecular flexibility index (Phi) is 4.97. The highest BCUT2D eigenvalue weighted by molar-refractivity contribution is 5.78. The third-order valence-corrected chi connectivity index (χ3v) is 4.08. The molecule has 0 fully saturated rings. The predicted molar refractivity (Wildman–Crippen MR) is 102 cm³/mol. The van der Waals surface area contributed by atoms with Crippen molar-refractivity contribution in [1.29, 1.82) is 0 Å². The van der Waals surface area contributed by atoms with Crippen LogP contribution < -0.4 is 5.32 Å². The molecule has 0 radical (unpaired) electrons. The Morgan fingerprint density at radius 1 is 0.714 bits per heavy atom. The predicted octanol–water partition coefficient (Wildman–Crippen LogP) is 4.49. The Hall–Kier alpha value is -3.74. The number of halogens is 2. The van der Waals surface area contributed by atoms with Crippen molar-refractivity contribution in [2.24, 2.45) is 0 Å². The lowest BCUT2D eigenvalue weighted by Gasteiger charge is -2.10. The van der Waals surface area contributed by atoms with Gasteiger partial charge in [0.1, 0.15) is 23.0 Å². The molecule has 7 heteroatoms. The number of rotatable bonds is 5. The number of hydrogen-bond donors (Lipinski definition) is 1. The first-order valence-corrected chi connectivity index (χ1v) is 8.59. The molecule has 4 rings (SSSR count). The molecule has 0 unspecified atom stereocenters. The van der Waals surface area contributed by atoms with Gasteiger partial charge in [-0.15, -0.1) is 10.2 Å². The minimum atomic E-state index is -0.346. The largest absolute Gasteiger partial charge is 0.347 e. The van der Waals surface area contributed by atoms with Crippen molar-refractivity contribution in [2.45, 2.75) is 6.54 Å². The molecule has 0 aliphatic rings. The Balaban J connectivity index is 1.71. The summed E-state index contributed by atoms with van der Waals surface area (Å²) >= 11 is 0. The standard InChI is InChI=1S/C21H15F2N5/c22-16-8-4-14(5-9-16)19-20(15-6-10-17(23)11-7-15)27-28-21(26-19)25-13-18-3-1-2-12-24-18/h1-12H,13H2,(H,25,26,28). The second kappa shape index (κ2) is 7.87. The van der Waals surface area contributed by atoms with Crippen LogP contribution in [0, 0.1) is 11.6 Å². The summed E-state index contributed by atoms with van der Waals surface area (Å²) in [4.78, 5) is 8.80. The molecule has 138 valence electrons. The van der Waals surface area contributed by atoms with Crippen LogP contribution in [0.4, 0.5) is 14.7 Å². The van der Waals surface area contributed by atoms with Gasteiger partial charge in [0, 0.05) is 17.3 Å². The van der Waals surface area contributed by atoms with E-state index in [1.54, 1.807) is 30.5 Å². The number of pyridine rings is 1. The zero-order chi connectivity index (χ0) is 19.3. The maximum Gasteiger partial charge on any atom is 0.243 e. The Bertz CT molecular complexity index is 1070. The first-order chi connectivity index (χ1) is 13.7. The number of hydrogen-bond acceptors (Lipinski definition) is 5. The van der Waals surface area contributed by atoms with Crippen LogP contribution in [0.1, 0.15) is 5.69 Å². The zero-order valence-electron chi connectivity index (χ0n) is 14.7. The maximum atomic E-state index is 13.3. The Labute approximate surface area is 160 Å². The van der Waals surface area contributed by atoms with Gasteiger partial charge in [-0.05, 0) is 60.7 Å². The number of nitrogens with one attached hydrogen (secondary N) is 1. The van der Waals surface area contributed by atoms with Crippen LogP contribution in [0.25, 0.3) is 22.5 Å². The zero-order valence-corrected chi connectivity index (χ0v) is 14.7. The highest BCUT2D eigenvalue weighted by Gasteiger charge is 2.14. The van der Waals surface area contributed by atoms with Gasteiger partial charge in [0.25, 0.3) is 0 Å². The molecule has 0 aliphatic heterocycles. The van der Waals surface area contributed by atoms with Gasteiger partial charge in [-0.3, -0.25) is 4.98 Å². The average molecular weight is 375 g/mol. The molecule has 2 heterocycles. The molecule has 4 aromatic rings. The van der Waals surface area contributed by atoms with E-state index < -0.39 is 0 Å². The van der Waals surface area contributed by atoms with E-state index in [0.717, 1.165) is 5.69 Å². The van der Waals surface area contributed by atoms with Gasteiger partial charge in [-0.2, -0.15) is 0 Å². The van der Waals surface area contributed by atoms with Gasteiger partial charge in [0.15, 0.2) is 0 Å². The molecule has 5 nitrogen and oxygen atoms in total. The summed E-state index contributed by atoms with van der Waals surface area (Å²) in [5, 5.41) is 11.5. The molecule has 0 aliphatic carbocycles. The fourth-order valence-electron chi connectivity index (χ4n) is 2.68. The van der Waals surface area contributed by atoms with Crippen LogP contribution in [0.15, 0.2) is 72.9 Å². The second-order valence-electron chi connectivity index (χ2n) is 6.02. The van der Waals surface area contributed by atoms with Crippen molar-refractivity contribution < 1.29 is 8.78 Å². The quantitative estimate of drug-likeness (QED) is 0.557. The van der Waals surface area contributed by atoms with E-state index in [2.05, 4.69) is 25.5 Å². The summed E-state index contributed by atoms with van der Waals surface area (Å²) in [5.41, 5.74) is 3.17. The Morgan fingerprint density at radius 2 is 1.36 bits per heavy atom. The molecule has 0 saturated heterocycles. The lowest BCUT2D eigenvalue weighted by atomic mass is 10.0. The van der Waals surface area contributed by atoms with Crippen molar-refractivity contribution in [3.8, 4) is 22.5 Å². The van der Waals surface area contributed by atoms with Gasteiger partial charge < -0.3 is 5.32 Å². The molecule has 0 spiro atoms. The van der Waals surface area contributed by atoms with Crippen LogP contribution >= 0.6 is 0 Å². The van der Waals surface area contributed by atoms with Crippen molar-refractivity contribution in [1.82, 2.24) is 20.2 Å². The highest BCUT2D eigenvalue weighted by atomic mass is 19.1. The molecule has 1 N–H and O–H groups in total. The average Bonchev–Trinajstić information content (AvgIpc) is 2.74. The second-order valence-corrected chi connectivity index (χ2v) is 6.02. The summed E-state index contributed by atoms with van der Waals surface area (Å²) in [6.45, 7) is 0.432. The minimum absolute atomic E-state index is 0.316. The molecule has 28 heavy (non-hydrogen) atoms. The number of benzene rings is 2. The first kappa shape index (κ1) is 17.7. The smallest absolute Gasteiger partial charge is 0.243 e. The van der Waals surface area contributed by atoms with E-state index in [1.165, 1.54) is 24.3 Å². The molecular formula is C21H15F2N5. The van der Waals surface area contributed by atoms with Gasteiger partial charge in [0.2, 0.25) is 5.95 Å². The van der Waals surface area contributed by atoms with E-state index >= 15 is 0 Å². The number of aromatic nitrogens is 4. The number of nitrogens with zero attached hydrogens (tertiary/aromatic N) is 4. The van der Waals surface area contributed by atoms with Crippen LogP contribution in [-0.4, -0.2) is 20.2 Å². The molecule has 0 bridgehead atoms. The number of anilines is 1. The van der Waals surface area contributed by atoms with Crippen molar-refractivity contribution in [2.75, 3.05) is 5.32 Å². The van der Waals surface area contributed by atoms with Gasteiger partial charge in [-0.25, -0.2) is 13.8 Å². The van der Waals surface area contributed by atoms with Gasteiger partial charge in [0.05, 0.1) is 12.2 Å². The first-order valence-electron chi connectivity index (χ1n) is 8.59. The maximum absolute atomic E-state index is 13.3. The van der Waals surface area contributed by atoms with Crippen molar-refractivity contribution in [3.63, 3.8) is 0 Å². The Morgan fingerprint density at radius 3 is 1.96 bits per heavy atom. The molecule has 2 aromatic carbocycles. The molecular weight excluding hydrogens is 360 g/mol. The van der Waals surface area contributed by atoms with Crippen LogP contribution in [0.5, 0.6) is 0 Å². The van der Waals surface area contributed by atoms with Crippen LogP contribution in [0.2, 0.25) is 0 Å².